The van der Waals surface area contributed by atoms with Crippen LogP contribution in [0.25, 0.3) is 0 Å². The van der Waals surface area contributed by atoms with Crippen LogP contribution in [0, 0.1) is 5.82 Å². The first-order valence-corrected chi connectivity index (χ1v) is 6.43. The average Bonchev–Trinajstić information content (AvgIpc) is 2.78. The van der Waals surface area contributed by atoms with Crippen LogP contribution in [0.4, 0.5) is 4.39 Å². The van der Waals surface area contributed by atoms with E-state index in [0.717, 1.165) is 5.56 Å². The van der Waals surface area contributed by atoms with Gasteiger partial charge in [0.15, 0.2) is 5.22 Å². The number of hydrogen-bond acceptors (Lipinski definition) is 3. The van der Waals surface area contributed by atoms with E-state index < -0.39 is 0 Å². The normalized spacial score (nSPS) is 12.7. The standard InChI is InChI=1S/C12H11BrClFN2O/c13-12-7(2-1-3-8(12)15)6-9(17-16)10-4-5-11(14)18-10/h1-5,9,17H,6,16H2. The maximum atomic E-state index is 13.4. The van der Waals surface area contributed by atoms with E-state index >= 15 is 0 Å². The van der Waals surface area contributed by atoms with Gasteiger partial charge < -0.3 is 4.42 Å². The molecule has 0 aliphatic heterocycles. The number of hydrogen-bond donors (Lipinski definition) is 2. The van der Waals surface area contributed by atoms with Crippen molar-refractivity contribution in [3.8, 4) is 0 Å². The number of halogens is 3. The van der Waals surface area contributed by atoms with Crippen molar-refractivity contribution in [2.24, 2.45) is 5.84 Å². The Morgan fingerprint density at radius 1 is 1.39 bits per heavy atom. The van der Waals surface area contributed by atoms with Crippen LogP contribution in [-0.2, 0) is 6.42 Å². The van der Waals surface area contributed by atoms with Crippen molar-refractivity contribution in [3.05, 3.63) is 57.2 Å². The third kappa shape index (κ3) is 2.92. The Bertz CT molecular complexity index is 547. The minimum absolute atomic E-state index is 0.268. The average molecular weight is 334 g/mol. The van der Waals surface area contributed by atoms with E-state index in [1.54, 1.807) is 18.2 Å². The number of furan rings is 1. The maximum absolute atomic E-state index is 13.4. The number of nitrogens with one attached hydrogen (secondary N) is 1. The first-order chi connectivity index (χ1) is 8.61. The second-order valence-corrected chi connectivity index (χ2v) is 4.94. The van der Waals surface area contributed by atoms with Crippen LogP contribution in [-0.4, -0.2) is 0 Å². The molecule has 6 heteroatoms. The molecule has 1 unspecified atom stereocenters. The SMILES string of the molecule is NNC(Cc1cccc(F)c1Br)c1ccc(Cl)o1. The van der Waals surface area contributed by atoms with Crippen LogP contribution in [0.5, 0.6) is 0 Å². The molecule has 3 nitrogen and oxygen atoms in total. The molecule has 2 rings (SSSR count). The molecular weight excluding hydrogens is 322 g/mol. The lowest BCUT2D eigenvalue weighted by Crippen LogP contribution is -2.29. The quantitative estimate of drug-likeness (QED) is 0.664. The van der Waals surface area contributed by atoms with Gasteiger partial charge in [-0.15, -0.1) is 0 Å². The van der Waals surface area contributed by atoms with E-state index in [1.807, 2.05) is 6.07 Å². The summed E-state index contributed by atoms with van der Waals surface area (Å²) in [6.45, 7) is 0. The third-order valence-electron chi connectivity index (χ3n) is 2.59. The summed E-state index contributed by atoms with van der Waals surface area (Å²) in [6, 6.07) is 7.97. The summed E-state index contributed by atoms with van der Waals surface area (Å²) < 4.78 is 19.1. The van der Waals surface area contributed by atoms with Gasteiger partial charge in [-0.25, -0.2) is 9.82 Å². The lowest BCUT2D eigenvalue weighted by atomic mass is 10.0. The van der Waals surface area contributed by atoms with Crippen molar-refractivity contribution in [2.45, 2.75) is 12.5 Å². The third-order valence-corrected chi connectivity index (χ3v) is 3.69. The Morgan fingerprint density at radius 2 is 2.17 bits per heavy atom. The smallest absolute Gasteiger partial charge is 0.193 e. The summed E-state index contributed by atoms with van der Waals surface area (Å²) in [5, 5.41) is 0.295. The summed E-state index contributed by atoms with van der Waals surface area (Å²) in [7, 11) is 0. The molecule has 0 saturated heterocycles. The molecule has 0 spiro atoms. The molecule has 1 aromatic heterocycles. The topological polar surface area (TPSA) is 51.2 Å². The Hall–Kier alpha value is -0.880. The summed E-state index contributed by atoms with van der Waals surface area (Å²) >= 11 is 8.93. The molecule has 0 fully saturated rings. The largest absolute Gasteiger partial charge is 0.448 e. The highest BCUT2D eigenvalue weighted by atomic mass is 79.9. The molecule has 0 amide bonds. The van der Waals surface area contributed by atoms with Crippen molar-refractivity contribution < 1.29 is 8.81 Å². The van der Waals surface area contributed by atoms with Gasteiger partial charge in [-0.2, -0.15) is 0 Å². The van der Waals surface area contributed by atoms with E-state index in [4.69, 9.17) is 21.9 Å². The Balaban J connectivity index is 2.23. The number of nitrogens with two attached hydrogens (primary N) is 1. The fraction of sp³-hybridized carbons (Fsp3) is 0.167. The van der Waals surface area contributed by atoms with E-state index in [9.17, 15) is 4.39 Å². The predicted octanol–water partition coefficient (Wildman–Crippen LogP) is 3.58. The zero-order valence-electron chi connectivity index (χ0n) is 9.29. The zero-order chi connectivity index (χ0) is 13.1. The molecule has 2 aromatic rings. The fourth-order valence-corrected chi connectivity index (χ4v) is 2.26. The summed E-state index contributed by atoms with van der Waals surface area (Å²) in [5.41, 5.74) is 3.43. The van der Waals surface area contributed by atoms with Crippen molar-refractivity contribution in [1.29, 1.82) is 0 Å². The first-order valence-electron chi connectivity index (χ1n) is 5.26. The van der Waals surface area contributed by atoms with Crippen LogP contribution in [0.1, 0.15) is 17.4 Å². The Kier molecular flexibility index (Phi) is 4.40. The fourth-order valence-electron chi connectivity index (χ4n) is 1.68. The van der Waals surface area contributed by atoms with Crippen molar-refractivity contribution in [1.82, 2.24) is 5.43 Å². The molecule has 0 aliphatic rings. The second-order valence-electron chi connectivity index (χ2n) is 3.78. The minimum atomic E-state index is -0.305. The maximum Gasteiger partial charge on any atom is 0.193 e. The van der Waals surface area contributed by atoms with Gasteiger partial charge in [0.1, 0.15) is 11.6 Å². The van der Waals surface area contributed by atoms with Gasteiger partial charge in [0.25, 0.3) is 0 Å². The molecule has 1 heterocycles. The second kappa shape index (κ2) is 5.84. The monoisotopic (exact) mass is 332 g/mol. The van der Waals surface area contributed by atoms with E-state index in [1.165, 1.54) is 6.07 Å². The molecule has 96 valence electrons. The van der Waals surface area contributed by atoms with Gasteiger partial charge in [0.2, 0.25) is 0 Å². The summed E-state index contributed by atoms with van der Waals surface area (Å²) in [6.07, 6.45) is 0.485. The molecular formula is C12H11BrClFN2O. The lowest BCUT2D eigenvalue weighted by molar-refractivity contribution is 0.416. The van der Waals surface area contributed by atoms with Crippen molar-refractivity contribution in [3.63, 3.8) is 0 Å². The van der Waals surface area contributed by atoms with E-state index in [2.05, 4.69) is 21.4 Å². The molecule has 0 bridgehead atoms. The van der Waals surface area contributed by atoms with Gasteiger partial charge in [-0.3, -0.25) is 5.84 Å². The van der Waals surface area contributed by atoms with Gasteiger partial charge in [0.05, 0.1) is 10.5 Å². The number of hydrazine groups is 1. The Morgan fingerprint density at radius 3 is 2.78 bits per heavy atom. The van der Waals surface area contributed by atoms with Gasteiger partial charge in [0, 0.05) is 0 Å². The molecule has 0 aliphatic carbocycles. The van der Waals surface area contributed by atoms with E-state index in [0.29, 0.717) is 21.9 Å². The summed E-state index contributed by atoms with van der Waals surface area (Å²) in [5.74, 6) is 5.79. The van der Waals surface area contributed by atoms with Gasteiger partial charge in [-0.1, -0.05) is 12.1 Å². The molecule has 0 saturated carbocycles. The van der Waals surface area contributed by atoms with Gasteiger partial charge >= 0.3 is 0 Å². The molecule has 1 aromatic carbocycles. The lowest BCUT2D eigenvalue weighted by Gasteiger charge is -2.14. The van der Waals surface area contributed by atoms with E-state index in [-0.39, 0.29) is 11.9 Å². The van der Waals surface area contributed by atoms with Crippen LogP contribution in [0.15, 0.2) is 39.2 Å². The number of benzene rings is 1. The van der Waals surface area contributed by atoms with Gasteiger partial charge in [-0.05, 0) is 57.7 Å². The number of rotatable bonds is 4. The van der Waals surface area contributed by atoms with Crippen LogP contribution >= 0.6 is 27.5 Å². The summed E-state index contributed by atoms with van der Waals surface area (Å²) in [4.78, 5) is 0. The van der Waals surface area contributed by atoms with Crippen LogP contribution < -0.4 is 11.3 Å². The first kappa shape index (κ1) is 13.5. The molecule has 18 heavy (non-hydrogen) atoms. The molecule has 1 atom stereocenters. The zero-order valence-corrected chi connectivity index (χ0v) is 11.6. The Labute approximate surface area is 117 Å². The molecule has 3 N–H and O–H groups in total. The van der Waals surface area contributed by atoms with Crippen LogP contribution in [0.2, 0.25) is 5.22 Å². The predicted molar refractivity (Wildman–Crippen MR) is 71.6 cm³/mol. The highest BCUT2D eigenvalue weighted by Crippen LogP contribution is 2.27. The van der Waals surface area contributed by atoms with Crippen LogP contribution in [0.3, 0.4) is 0 Å². The van der Waals surface area contributed by atoms with Crippen molar-refractivity contribution >= 4 is 27.5 Å². The molecule has 0 radical (unpaired) electrons. The highest BCUT2D eigenvalue weighted by Gasteiger charge is 2.17. The minimum Gasteiger partial charge on any atom is -0.448 e. The van der Waals surface area contributed by atoms with Crippen molar-refractivity contribution in [2.75, 3.05) is 0 Å². The highest BCUT2D eigenvalue weighted by molar-refractivity contribution is 9.10.